The van der Waals surface area contributed by atoms with Crippen LogP contribution >= 0.6 is 0 Å². The van der Waals surface area contributed by atoms with Gasteiger partial charge in [-0.25, -0.2) is 0 Å². The molecular weight excluding hydrogens is 294 g/mol. The van der Waals surface area contributed by atoms with Crippen molar-refractivity contribution in [2.45, 2.75) is 39.5 Å². The van der Waals surface area contributed by atoms with Crippen molar-refractivity contribution >= 4 is 5.91 Å². The van der Waals surface area contributed by atoms with Crippen molar-refractivity contribution in [2.75, 3.05) is 33.2 Å². The standard InChI is InChI=1S/C17H27N3O3/c1-4-20(3,5-2)11-10-18-16(22)14-15(21)12-8-6-7-9-13(12)19-17(14)23/h4-11H2,1-3H3,(H2-,18,19,21,22,23)/p+1. The van der Waals surface area contributed by atoms with Gasteiger partial charge in [-0.05, 0) is 39.5 Å². The first-order valence-corrected chi connectivity index (χ1v) is 8.50. The highest BCUT2D eigenvalue weighted by Gasteiger charge is 2.24. The summed E-state index contributed by atoms with van der Waals surface area (Å²) in [6.45, 7) is 7.47. The molecule has 0 radical (unpaired) electrons. The quantitative estimate of drug-likeness (QED) is 0.688. The van der Waals surface area contributed by atoms with Gasteiger partial charge in [0.05, 0.1) is 33.2 Å². The molecule has 23 heavy (non-hydrogen) atoms. The van der Waals surface area contributed by atoms with Crippen molar-refractivity contribution in [1.29, 1.82) is 0 Å². The van der Waals surface area contributed by atoms with Crippen molar-refractivity contribution in [2.24, 2.45) is 0 Å². The molecule has 6 heteroatoms. The number of H-pyrrole nitrogens is 1. The highest BCUT2D eigenvalue weighted by molar-refractivity contribution is 5.96. The first-order valence-electron chi connectivity index (χ1n) is 8.50. The number of aryl methyl sites for hydroxylation is 1. The average Bonchev–Trinajstić information content (AvgIpc) is 2.54. The number of hydrogen-bond donors (Lipinski definition) is 3. The van der Waals surface area contributed by atoms with Gasteiger partial charge in [-0.1, -0.05) is 0 Å². The average molecular weight is 322 g/mol. The number of carbonyl (C=O) groups excluding carboxylic acids is 1. The maximum absolute atomic E-state index is 12.3. The fourth-order valence-corrected chi connectivity index (χ4v) is 3.04. The number of quaternary nitrogens is 1. The van der Waals surface area contributed by atoms with Gasteiger partial charge < -0.3 is 19.9 Å². The monoisotopic (exact) mass is 322 g/mol. The Balaban J connectivity index is 2.12. The number of aromatic hydroxyl groups is 1. The molecule has 1 aromatic heterocycles. The Labute approximate surface area is 137 Å². The van der Waals surface area contributed by atoms with Gasteiger partial charge in [-0.15, -0.1) is 0 Å². The second-order valence-corrected chi connectivity index (χ2v) is 6.57. The van der Waals surface area contributed by atoms with Crippen molar-refractivity contribution in [1.82, 2.24) is 10.3 Å². The minimum atomic E-state index is -0.496. The molecule has 1 aliphatic carbocycles. The van der Waals surface area contributed by atoms with Crippen LogP contribution in [0.4, 0.5) is 0 Å². The molecule has 0 unspecified atom stereocenters. The lowest BCUT2D eigenvalue weighted by Gasteiger charge is -2.32. The minimum absolute atomic E-state index is 0.135. The molecule has 1 aromatic rings. The smallest absolute Gasteiger partial charge is 0.264 e. The normalized spacial score (nSPS) is 14.4. The molecular formula is C17H28N3O3+. The first-order chi connectivity index (χ1) is 10.9. The van der Waals surface area contributed by atoms with Gasteiger partial charge in [0.25, 0.3) is 11.5 Å². The number of rotatable bonds is 6. The lowest BCUT2D eigenvalue weighted by Crippen LogP contribution is -2.48. The molecule has 0 spiro atoms. The molecule has 0 aliphatic heterocycles. The molecule has 0 bridgehead atoms. The van der Waals surface area contributed by atoms with E-state index in [1.54, 1.807) is 0 Å². The zero-order chi connectivity index (χ0) is 17.0. The third-order valence-electron chi connectivity index (χ3n) is 5.17. The number of aromatic nitrogens is 1. The Hall–Kier alpha value is -1.82. The molecule has 1 amide bonds. The number of amides is 1. The number of hydrogen-bond acceptors (Lipinski definition) is 3. The molecule has 0 fully saturated rings. The number of nitrogens with zero attached hydrogens (tertiary/aromatic N) is 1. The first kappa shape index (κ1) is 17.5. The van der Waals surface area contributed by atoms with Gasteiger partial charge in [-0.3, -0.25) is 9.59 Å². The van der Waals surface area contributed by atoms with Crippen LogP contribution in [0.1, 0.15) is 48.3 Å². The fraction of sp³-hybridized carbons (Fsp3) is 0.647. The molecule has 1 heterocycles. The van der Waals surface area contributed by atoms with Crippen LogP contribution in [0.25, 0.3) is 0 Å². The highest BCUT2D eigenvalue weighted by atomic mass is 16.3. The van der Waals surface area contributed by atoms with Crippen molar-refractivity contribution in [3.8, 4) is 5.75 Å². The van der Waals surface area contributed by atoms with E-state index >= 15 is 0 Å². The van der Waals surface area contributed by atoms with E-state index in [0.717, 1.165) is 54.6 Å². The van der Waals surface area contributed by atoms with Gasteiger partial charge in [-0.2, -0.15) is 0 Å². The summed E-state index contributed by atoms with van der Waals surface area (Å²) in [5.74, 6) is -0.625. The predicted molar refractivity (Wildman–Crippen MR) is 89.8 cm³/mol. The summed E-state index contributed by atoms with van der Waals surface area (Å²) in [5.41, 5.74) is 0.858. The summed E-state index contributed by atoms with van der Waals surface area (Å²) in [5, 5.41) is 13.1. The van der Waals surface area contributed by atoms with E-state index < -0.39 is 11.5 Å². The van der Waals surface area contributed by atoms with Gasteiger partial charge in [0.1, 0.15) is 11.3 Å². The topological polar surface area (TPSA) is 82.2 Å². The van der Waals surface area contributed by atoms with Crippen LogP contribution in [0.5, 0.6) is 5.75 Å². The van der Waals surface area contributed by atoms with Crippen LogP contribution in [-0.4, -0.2) is 53.7 Å². The van der Waals surface area contributed by atoms with Gasteiger partial charge in [0.15, 0.2) is 0 Å². The fourth-order valence-electron chi connectivity index (χ4n) is 3.04. The van der Waals surface area contributed by atoms with Crippen LogP contribution in [0.15, 0.2) is 4.79 Å². The second kappa shape index (κ2) is 7.17. The summed E-state index contributed by atoms with van der Waals surface area (Å²) < 4.78 is 0.854. The van der Waals surface area contributed by atoms with Gasteiger partial charge in [0.2, 0.25) is 0 Å². The molecule has 6 nitrogen and oxygen atoms in total. The van der Waals surface area contributed by atoms with Crippen molar-refractivity contribution in [3.63, 3.8) is 0 Å². The SMILES string of the molecule is CC[N+](C)(CC)CCNC(=O)c1c(O)c2c([nH]c1=O)CCCC2. The Morgan fingerprint density at radius 2 is 1.91 bits per heavy atom. The zero-order valence-corrected chi connectivity index (χ0v) is 14.4. The molecule has 0 atom stereocenters. The van der Waals surface area contributed by atoms with Crippen LogP contribution in [0.3, 0.4) is 0 Å². The number of likely N-dealkylation sites (N-methyl/N-ethyl adjacent to an activating group) is 1. The van der Waals surface area contributed by atoms with E-state index in [1.165, 1.54) is 0 Å². The maximum Gasteiger partial charge on any atom is 0.264 e. The third kappa shape index (κ3) is 3.75. The predicted octanol–water partition coefficient (Wildman–Crippen LogP) is 1.18. The summed E-state index contributed by atoms with van der Waals surface area (Å²) in [6, 6.07) is 0. The second-order valence-electron chi connectivity index (χ2n) is 6.57. The molecule has 0 saturated carbocycles. The van der Waals surface area contributed by atoms with Gasteiger partial charge >= 0.3 is 0 Å². The lowest BCUT2D eigenvalue weighted by molar-refractivity contribution is -0.904. The van der Waals surface area contributed by atoms with Crippen molar-refractivity contribution < 1.29 is 14.4 Å². The lowest BCUT2D eigenvalue weighted by atomic mass is 9.93. The number of aromatic amines is 1. The highest BCUT2D eigenvalue weighted by Crippen LogP contribution is 2.28. The van der Waals surface area contributed by atoms with Crippen LogP contribution < -0.4 is 10.9 Å². The van der Waals surface area contributed by atoms with Crippen molar-refractivity contribution in [3.05, 3.63) is 27.2 Å². The molecule has 2 rings (SSSR count). The summed E-state index contributed by atoms with van der Waals surface area (Å²) in [6.07, 6.45) is 3.43. The van der Waals surface area contributed by atoms with Crippen LogP contribution in [0, 0.1) is 0 Å². The Kier molecular flexibility index (Phi) is 5.46. The van der Waals surface area contributed by atoms with Crippen LogP contribution in [0.2, 0.25) is 0 Å². The molecule has 1 aliphatic rings. The Morgan fingerprint density at radius 1 is 1.26 bits per heavy atom. The summed E-state index contributed by atoms with van der Waals surface area (Å²) in [7, 11) is 2.13. The van der Waals surface area contributed by atoms with E-state index in [4.69, 9.17) is 0 Å². The Morgan fingerprint density at radius 3 is 2.57 bits per heavy atom. The third-order valence-corrected chi connectivity index (χ3v) is 5.17. The van der Waals surface area contributed by atoms with Gasteiger partial charge in [0, 0.05) is 11.3 Å². The maximum atomic E-state index is 12.3. The van der Waals surface area contributed by atoms with E-state index in [9.17, 15) is 14.7 Å². The van der Waals surface area contributed by atoms with E-state index in [-0.39, 0.29) is 11.3 Å². The summed E-state index contributed by atoms with van der Waals surface area (Å²) in [4.78, 5) is 27.2. The van der Waals surface area contributed by atoms with E-state index in [2.05, 4.69) is 31.2 Å². The summed E-state index contributed by atoms with van der Waals surface area (Å²) >= 11 is 0. The molecule has 0 saturated heterocycles. The molecule has 3 N–H and O–H groups in total. The molecule has 128 valence electrons. The number of pyridine rings is 1. The largest absolute Gasteiger partial charge is 0.507 e. The number of fused-ring (bicyclic) bond motifs is 1. The number of carbonyl (C=O) groups is 1. The number of nitrogens with one attached hydrogen (secondary N) is 2. The van der Waals surface area contributed by atoms with E-state index in [1.807, 2.05) is 0 Å². The molecule has 0 aromatic carbocycles. The zero-order valence-electron chi connectivity index (χ0n) is 14.4. The van der Waals surface area contributed by atoms with Crippen LogP contribution in [-0.2, 0) is 12.8 Å². The Bertz CT molecular complexity index is 633. The van der Waals surface area contributed by atoms with E-state index in [0.29, 0.717) is 13.0 Å². The minimum Gasteiger partial charge on any atom is -0.507 e.